The Labute approximate surface area is 105 Å². The van der Waals surface area contributed by atoms with Crippen LogP contribution in [0.2, 0.25) is 0 Å². The third-order valence-electron chi connectivity index (χ3n) is 1.57. The van der Waals surface area contributed by atoms with Crippen molar-refractivity contribution in [3.05, 3.63) is 0 Å². The Morgan fingerprint density at radius 1 is 1.20 bits per heavy atom. The lowest BCUT2D eigenvalue weighted by Gasteiger charge is -2.17. The fourth-order valence-corrected chi connectivity index (χ4v) is 3.28. The highest BCUT2D eigenvalue weighted by atomic mass is 127. The monoisotopic (exact) mass is 348 g/mol. The smallest absolute Gasteiger partial charge is 0.309 e. The largest absolute Gasteiger partial charge is 0.331 e. The minimum Gasteiger partial charge on any atom is -0.309 e. The Bertz CT molecular complexity index is 220. The van der Waals surface area contributed by atoms with Gasteiger partial charge in [0.1, 0.15) is 0 Å². The van der Waals surface area contributed by atoms with E-state index in [1.807, 2.05) is 13.8 Å². The quantitative estimate of drug-likeness (QED) is 0.364. The Hall–Kier alpha value is 0.550. The van der Waals surface area contributed by atoms with Crippen LogP contribution in [0.15, 0.2) is 0 Å². The molecule has 0 rings (SSSR count). The van der Waals surface area contributed by atoms with Crippen molar-refractivity contribution in [3.8, 4) is 0 Å². The van der Waals surface area contributed by atoms with Gasteiger partial charge in [-0.2, -0.15) is 0 Å². The van der Waals surface area contributed by atoms with Gasteiger partial charge in [-0.15, -0.1) is 0 Å². The molecule has 0 amide bonds. The summed E-state index contributed by atoms with van der Waals surface area (Å²) >= 11 is 1.69. The molecule has 6 heteroatoms. The number of hydrogen-bond donors (Lipinski definition) is 0. The highest BCUT2D eigenvalue weighted by Crippen LogP contribution is 2.49. The van der Waals surface area contributed by atoms with Crippen LogP contribution in [0.25, 0.3) is 0 Å². The third-order valence-corrected chi connectivity index (χ3v) is 4.03. The van der Waals surface area contributed by atoms with Crippen LogP contribution >= 0.6 is 30.2 Å². The van der Waals surface area contributed by atoms with Crippen LogP contribution in [-0.2, 0) is 18.4 Å². The molecule has 0 saturated heterocycles. The Morgan fingerprint density at radius 3 is 2.00 bits per heavy atom. The lowest BCUT2D eigenvalue weighted by Crippen LogP contribution is -2.04. The molecule has 4 nitrogen and oxygen atoms in total. The molecule has 0 fully saturated rings. The van der Waals surface area contributed by atoms with Gasteiger partial charge in [0.25, 0.3) is 0 Å². The van der Waals surface area contributed by atoms with Crippen molar-refractivity contribution in [2.45, 2.75) is 33.1 Å². The fourth-order valence-electron chi connectivity index (χ4n) is 0.852. The van der Waals surface area contributed by atoms with E-state index in [2.05, 4.69) is 0 Å². The average molecular weight is 348 g/mol. The van der Waals surface area contributed by atoms with Crippen molar-refractivity contribution in [2.75, 3.05) is 19.4 Å². The zero-order chi connectivity index (χ0) is 11.7. The zero-order valence-electron chi connectivity index (χ0n) is 9.20. The predicted molar refractivity (Wildman–Crippen MR) is 68.6 cm³/mol. The van der Waals surface area contributed by atoms with Crippen molar-refractivity contribution in [1.82, 2.24) is 0 Å². The first-order valence-corrected chi connectivity index (χ1v) is 7.91. The zero-order valence-corrected chi connectivity index (χ0v) is 12.3. The van der Waals surface area contributed by atoms with Crippen LogP contribution in [0, 0.1) is 0 Å². The molecular weight excluding hydrogens is 330 g/mol. The highest BCUT2D eigenvalue weighted by Gasteiger charge is 2.24. The summed E-state index contributed by atoms with van der Waals surface area (Å²) in [4.78, 5) is 10.8. The minimum atomic E-state index is -3.03. The lowest BCUT2D eigenvalue weighted by atomic mass is 10.5. The molecule has 0 atom stereocenters. The maximum Gasteiger partial charge on any atom is 0.331 e. The summed E-state index contributed by atoms with van der Waals surface area (Å²) < 4.78 is 22.4. The van der Waals surface area contributed by atoms with E-state index in [0.29, 0.717) is 13.2 Å². The van der Waals surface area contributed by atoms with Crippen LogP contribution in [0.5, 0.6) is 0 Å². The molecule has 90 valence electrons. The van der Waals surface area contributed by atoms with Gasteiger partial charge in [0.15, 0.2) is 3.79 Å². The van der Waals surface area contributed by atoms with E-state index >= 15 is 0 Å². The maximum absolute atomic E-state index is 12.0. The molecule has 0 N–H and O–H groups in total. The van der Waals surface area contributed by atoms with E-state index in [9.17, 15) is 9.36 Å². The second-order valence-corrected chi connectivity index (χ2v) is 6.49. The van der Waals surface area contributed by atoms with Crippen molar-refractivity contribution in [3.63, 3.8) is 0 Å². The topological polar surface area (TPSA) is 52.6 Å². The summed E-state index contributed by atoms with van der Waals surface area (Å²) in [5.74, 6) is 0. The molecule has 0 bridgehead atoms. The SMILES string of the molecule is CCCOP(=O)(CCC(=O)I)OCCC. The normalized spacial score (nSPS) is 11.7. The van der Waals surface area contributed by atoms with E-state index in [-0.39, 0.29) is 16.4 Å². The molecule has 0 aliphatic heterocycles. The molecule has 0 aliphatic carbocycles. The van der Waals surface area contributed by atoms with E-state index in [4.69, 9.17) is 9.05 Å². The molecule has 0 aromatic heterocycles. The first-order chi connectivity index (χ1) is 7.04. The van der Waals surface area contributed by atoms with Crippen molar-refractivity contribution >= 4 is 34.0 Å². The number of rotatable bonds is 9. The van der Waals surface area contributed by atoms with Gasteiger partial charge < -0.3 is 9.05 Å². The van der Waals surface area contributed by atoms with E-state index in [1.165, 1.54) is 0 Å². The standard InChI is InChI=1S/C9H18IO4P/c1-3-6-13-15(12,14-7-4-2)8-5-9(10)11/h3-8H2,1-2H3. The van der Waals surface area contributed by atoms with Crippen LogP contribution in [0.1, 0.15) is 33.1 Å². The average Bonchev–Trinajstić information content (AvgIpc) is 2.21. The Morgan fingerprint density at radius 2 is 1.67 bits per heavy atom. The molecule has 0 heterocycles. The van der Waals surface area contributed by atoms with Gasteiger partial charge in [0.2, 0.25) is 0 Å². The highest BCUT2D eigenvalue weighted by molar-refractivity contribution is 14.1. The second kappa shape index (κ2) is 8.67. The summed E-state index contributed by atoms with van der Waals surface area (Å²) in [6, 6.07) is 0. The van der Waals surface area contributed by atoms with Crippen molar-refractivity contribution < 1.29 is 18.4 Å². The fraction of sp³-hybridized carbons (Fsp3) is 0.889. The molecule has 0 radical (unpaired) electrons. The van der Waals surface area contributed by atoms with Crippen molar-refractivity contribution in [2.24, 2.45) is 0 Å². The van der Waals surface area contributed by atoms with Gasteiger partial charge in [-0.05, 0) is 35.4 Å². The maximum atomic E-state index is 12.0. The van der Waals surface area contributed by atoms with Crippen LogP contribution < -0.4 is 0 Å². The van der Waals surface area contributed by atoms with Gasteiger partial charge in [-0.1, -0.05) is 13.8 Å². The van der Waals surface area contributed by atoms with E-state index in [1.54, 1.807) is 22.6 Å². The Kier molecular flexibility index (Phi) is 8.99. The van der Waals surface area contributed by atoms with Crippen LogP contribution in [0.3, 0.4) is 0 Å². The Balaban J connectivity index is 4.13. The van der Waals surface area contributed by atoms with E-state index in [0.717, 1.165) is 12.8 Å². The molecule has 0 unspecified atom stereocenters. The summed E-state index contributed by atoms with van der Waals surface area (Å²) in [5.41, 5.74) is 0. The molecule has 0 saturated carbocycles. The first-order valence-electron chi connectivity index (χ1n) is 5.10. The van der Waals surface area contributed by atoms with E-state index < -0.39 is 7.60 Å². The predicted octanol–water partition coefficient (Wildman–Crippen LogP) is 3.38. The van der Waals surface area contributed by atoms with Gasteiger partial charge in [0.05, 0.1) is 19.4 Å². The third kappa shape index (κ3) is 8.37. The molecule has 0 spiro atoms. The second-order valence-electron chi connectivity index (χ2n) is 3.11. The first kappa shape index (κ1) is 15.6. The van der Waals surface area contributed by atoms with Crippen LogP contribution in [0.4, 0.5) is 0 Å². The molecule has 0 aromatic carbocycles. The number of carbonyl (C=O) groups is 1. The lowest BCUT2D eigenvalue weighted by molar-refractivity contribution is -0.109. The molecule has 0 aromatic rings. The summed E-state index contributed by atoms with van der Waals surface area (Å²) in [6.45, 7) is 4.70. The number of carbonyl (C=O) groups excluding carboxylic acids is 1. The summed E-state index contributed by atoms with van der Waals surface area (Å²) in [5, 5.41) is 0. The van der Waals surface area contributed by atoms with Crippen molar-refractivity contribution in [1.29, 1.82) is 0 Å². The van der Waals surface area contributed by atoms with Crippen LogP contribution in [-0.4, -0.2) is 23.2 Å². The number of halogens is 1. The minimum absolute atomic E-state index is 0.0204. The van der Waals surface area contributed by atoms with Gasteiger partial charge >= 0.3 is 7.60 Å². The van der Waals surface area contributed by atoms with Gasteiger partial charge in [-0.3, -0.25) is 9.36 Å². The van der Waals surface area contributed by atoms with Gasteiger partial charge in [0, 0.05) is 6.42 Å². The van der Waals surface area contributed by atoms with Gasteiger partial charge in [-0.25, -0.2) is 0 Å². The summed E-state index contributed by atoms with van der Waals surface area (Å²) in [6.07, 6.45) is 2.01. The molecule has 0 aliphatic rings. The molecule has 15 heavy (non-hydrogen) atoms. The number of hydrogen-bond acceptors (Lipinski definition) is 4. The summed E-state index contributed by atoms with van der Waals surface area (Å²) in [7, 11) is -3.03. The molecular formula is C9H18IO4P.